The van der Waals surface area contributed by atoms with E-state index in [0.29, 0.717) is 5.56 Å². The molecule has 0 fully saturated rings. The smallest absolute Gasteiger partial charge is 0.339 e. The average Bonchev–Trinajstić information content (AvgIpc) is 3.08. The van der Waals surface area contributed by atoms with Crippen LogP contribution in [0.1, 0.15) is 22.8 Å². The van der Waals surface area contributed by atoms with Crippen LogP contribution in [0.2, 0.25) is 0 Å². The zero-order chi connectivity index (χ0) is 19.5. The molecule has 28 heavy (non-hydrogen) atoms. The van der Waals surface area contributed by atoms with E-state index in [0.717, 1.165) is 28.8 Å². The summed E-state index contributed by atoms with van der Waals surface area (Å²) in [5.41, 5.74) is 4.23. The number of carbonyl (C=O) groups excluding carboxylic acids is 2. The first-order chi connectivity index (χ1) is 13.6. The third kappa shape index (κ3) is 3.41. The second-order valence-electron chi connectivity index (χ2n) is 6.93. The Morgan fingerprint density at radius 2 is 1.61 bits per heavy atom. The number of ether oxygens (including phenoxy) is 1. The monoisotopic (exact) mass is 371 g/mol. The van der Waals surface area contributed by atoms with Crippen molar-refractivity contribution in [2.75, 3.05) is 11.5 Å². The molecule has 0 bridgehead atoms. The summed E-state index contributed by atoms with van der Waals surface area (Å²) >= 11 is 0. The van der Waals surface area contributed by atoms with Gasteiger partial charge in [-0.15, -0.1) is 0 Å². The summed E-state index contributed by atoms with van der Waals surface area (Å²) in [6.45, 7) is 1.73. The fraction of sp³-hybridized carbons (Fsp3) is 0.167. The van der Waals surface area contributed by atoms with Gasteiger partial charge in [-0.2, -0.15) is 0 Å². The van der Waals surface area contributed by atoms with Crippen LogP contribution in [0.5, 0.6) is 0 Å². The molecule has 0 spiro atoms. The SMILES string of the molecule is C[C@H]1Cc2ccccc2N1C(=O)COC(=O)c1ccccc1-c1ccccc1. The molecule has 1 heterocycles. The quantitative estimate of drug-likeness (QED) is 0.635. The molecule has 0 saturated carbocycles. The Labute approximate surface area is 164 Å². The highest BCUT2D eigenvalue weighted by Crippen LogP contribution is 2.32. The van der Waals surface area contributed by atoms with Gasteiger partial charge in [0.1, 0.15) is 0 Å². The van der Waals surface area contributed by atoms with Crippen molar-refractivity contribution in [2.24, 2.45) is 0 Å². The topological polar surface area (TPSA) is 46.6 Å². The molecule has 3 aromatic rings. The molecule has 4 heteroatoms. The van der Waals surface area contributed by atoms with E-state index >= 15 is 0 Å². The van der Waals surface area contributed by atoms with Crippen molar-refractivity contribution in [3.05, 3.63) is 90.0 Å². The molecule has 1 amide bonds. The van der Waals surface area contributed by atoms with E-state index in [1.54, 1.807) is 17.0 Å². The number of para-hydroxylation sites is 1. The highest BCUT2D eigenvalue weighted by molar-refractivity contribution is 6.01. The summed E-state index contributed by atoms with van der Waals surface area (Å²) in [5.74, 6) is -0.698. The average molecular weight is 371 g/mol. The number of hydrogen-bond donors (Lipinski definition) is 0. The molecule has 1 atom stereocenters. The zero-order valence-electron chi connectivity index (χ0n) is 15.7. The molecule has 4 nitrogen and oxygen atoms in total. The fourth-order valence-corrected chi connectivity index (χ4v) is 3.75. The number of hydrogen-bond acceptors (Lipinski definition) is 3. The van der Waals surface area contributed by atoms with E-state index in [1.165, 1.54) is 0 Å². The second kappa shape index (κ2) is 7.69. The van der Waals surface area contributed by atoms with Crippen LogP contribution in [0.15, 0.2) is 78.9 Å². The predicted molar refractivity (Wildman–Crippen MR) is 109 cm³/mol. The lowest BCUT2D eigenvalue weighted by Gasteiger charge is -2.22. The molecular weight excluding hydrogens is 350 g/mol. The van der Waals surface area contributed by atoms with E-state index in [2.05, 4.69) is 0 Å². The van der Waals surface area contributed by atoms with Crippen LogP contribution in [0, 0.1) is 0 Å². The summed E-state index contributed by atoms with van der Waals surface area (Å²) in [6.07, 6.45) is 0.812. The Hall–Kier alpha value is -3.40. The molecule has 1 aliphatic heterocycles. The Balaban J connectivity index is 1.49. The number of nitrogens with zero attached hydrogens (tertiary/aromatic N) is 1. The van der Waals surface area contributed by atoms with E-state index in [9.17, 15) is 9.59 Å². The predicted octanol–water partition coefficient (Wildman–Crippen LogP) is 4.49. The van der Waals surface area contributed by atoms with Gasteiger partial charge in [-0.3, -0.25) is 4.79 Å². The zero-order valence-corrected chi connectivity index (χ0v) is 15.7. The normalized spacial score (nSPS) is 15.2. The summed E-state index contributed by atoms with van der Waals surface area (Å²) in [6, 6.07) is 24.9. The van der Waals surface area contributed by atoms with Crippen LogP contribution in [0.4, 0.5) is 5.69 Å². The lowest BCUT2D eigenvalue weighted by atomic mass is 10.00. The van der Waals surface area contributed by atoms with Crippen LogP contribution in [-0.2, 0) is 16.0 Å². The van der Waals surface area contributed by atoms with E-state index < -0.39 is 5.97 Å². The summed E-state index contributed by atoms with van der Waals surface area (Å²) in [7, 11) is 0. The van der Waals surface area contributed by atoms with E-state index in [-0.39, 0.29) is 18.6 Å². The second-order valence-corrected chi connectivity index (χ2v) is 6.93. The summed E-state index contributed by atoms with van der Waals surface area (Å²) < 4.78 is 5.40. The first-order valence-electron chi connectivity index (χ1n) is 9.36. The molecule has 0 N–H and O–H groups in total. The Morgan fingerprint density at radius 1 is 0.929 bits per heavy atom. The minimum absolute atomic E-state index is 0.0557. The van der Waals surface area contributed by atoms with Gasteiger partial charge in [0.25, 0.3) is 5.91 Å². The van der Waals surface area contributed by atoms with Gasteiger partial charge in [0.2, 0.25) is 0 Å². The molecule has 0 unspecified atom stereocenters. The molecule has 4 rings (SSSR count). The van der Waals surface area contributed by atoms with Crippen LogP contribution in [0.3, 0.4) is 0 Å². The minimum atomic E-state index is -0.493. The van der Waals surface area contributed by atoms with Crippen molar-refractivity contribution in [3.63, 3.8) is 0 Å². The number of carbonyl (C=O) groups is 2. The third-order valence-electron chi connectivity index (χ3n) is 5.03. The molecule has 0 aromatic heterocycles. The van der Waals surface area contributed by atoms with Gasteiger partial charge in [0, 0.05) is 11.7 Å². The van der Waals surface area contributed by atoms with Crippen LogP contribution in [0.25, 0.3) is 11.1 Å². The molecule has 0 saturated heterocycles. The van der Waals surface area contributed by atoms with Crippen molar-refractivity contribution in [3.8, 4) is 11.1 Å². The Kier molecular flexibility index (Phi) is 4.94. The molecule has 0 radical (unpaired) electrons. The van der Waals surface area contributed by atoms with Gasteiger partial charge in [-0.1, -0.05) is 66.7 Å². The van der Waals surface area contributed by atoms with Crippen molar-refractivity contribution in [1.29, 1.82) is 0 Å². The van der Waals surface area contributed by atoms with Crippen molar-refractivity contribution in [2.45, 2.75) is 19.4 Å². The summed E-state index contributed by atoms with van der Waals surface area (Å²) in [4.78, 5) is 27.2. The van der Waals surface area contributed by atoms with Crippen LogP contribution in [-0.4, -0.2) is 24.5 Å². The first-order valence-corrected chi connectivity index (χ1v) is 9.36. The highest BCUT2D eigenvalue weighted by Gasteiger charge is 2.31. The number of fused-ring (bicyclic) bond motifs is 1. The molecule has 3 aromatic carbocycles. The number of esters is 1. The van der Waals surface area contributed by atoms with Crippen molar-refractivity contribution >= 4 is 17.6 Å². The van der Waals surface area contributed by atoms with Crippen LogP contribution < -0.4 is 4.90 Å². The fourth-order valence-electron chi connectivity index (χ4n) is 3.75. The number of benzene rings is 3. The molecule has 1 aliphatic rings. The van der Waals surface area contributed by atoms with Gasteiger partial charge < -0.3 is 9.64 Å². The molecular formula is C24H21NO3. The van der Waals surface area contributed by atoms with Gasteiger partial charge in [-0.05, 0) is 42.2 Å². The Bertz CT molecular complexity index is 1010. The standard InChI is InChI=1S/C24H21NO3/c1-17-15-19-11-5-8-14-22(19)25(17)23(26)16-28-24(27)21-13-7-6-12-20(21)18-9-3-2-4-10-18/h2-14,17H,15-16H2,1H3/t17-/m0/s1. The largest absolute Gasteiger partial charge is 0.452 e. The van der Waals surface area contributed by atoms with Gasteiger partial charge in [-0.25, -0.2) is 4.79 Å². The lowest BCUT2D eigenvalue weighted by Crippen LogP contribution is -2.38. The van der Waals surface area contributed by atoms with E-state index in [1.807, 2.05) is 73.7 Å². The van der Waals surface area contributed by atoms with Crippen LogP contribution >= 0.6 is 0 Å². The van der Waals surface area contributed by atoms with E-state index in [4.69, 9.17) is 4.74 Å². The number of anilines is 1. The molecule has 140 valence electrons. The third-order valence-corrected chi connectivity index (χ3v) is 5.03. The van der Waals surface area contributed by atoms with Crippen molar-refractivity contribution < 1.29 is 14.3 Å². The molecule has 0 aliphatic carbocycles. The maximum atomic E-state index is 12.8. The number of amides is 1. The Morgan fingerprint density at radius 3 is 2.43 bits per heavy atom. The van der Waals surface area contributed by atoms with Gasteiger partial charge in [0.15, 0.2) is 6.61 Å². The first kappa shape index (κ1) is 18.0. The maximum absolute atomic E-state index is 12.8. The maximum Gasteiger partial charge on any atom is 0.339 e. The highest BCUT2D eigenvalue weighted by atomic mass is 16.5. The van der Waals surface area contributed by atoms with Crippen molar-refractivity contribution in [1.82, 2.24) is 0 Å². The minimum Gasteiger partial charge on any atom is -0.452 e. The van der Waals surface area contributed by atoms with Gasteiger partial charge in [0.05, 0.1) is 5.56 Å². The van der Waals surface area contributed by atoms with Gasteiger partial charge >= 0.3 is 5.97 Å². The number of rotatable bonds is 4. The summed E-state index contributed by atoms with van der Waals surface area (Å²) in [5, 5.41) is 0. The lowest BCUT2D eigenvalue weighted by molar-refractivity contribution is -0.122.